The number of phenolic OH excluding ortho intramolecular Hbond substituents is 1. The molecule has 3 aromatic carbocycles. The quantitative estimate of drug-likeness (QED) is 0.575. The molecule has 0 aliphatic rings. The molecule has 0 saturated carbocycles. The highest BCUT2D eigenvalue weighted by Crippen LogP contribution is 2.29. The first-order chi connectivity index (χ1) is 13.8. The molecule has 0 amide bonds. The van der Waals surface area contributed by atoms with Crippen molar-refractivity contribution in [1.29, 1.82) is 0 Å². The number of phenols is 1. The summed E-state index contributed by atoms with van der Waals surface area (Å²) in [5.74, 6) is 1.07. The van der Waals surface area contributed by atoms with Crippen molar-refractivity contribution < 1.29 is 28.1 Å². The number of nitrogens with zero attached hydrogens (tertiary/aromatic N) is 1. The number of rotatable bonds is 7. The largest absolute Gasteiger partial charge is 0.508 e. The minimum atomic E-state index is -4.74. The van der Waals surface area contributed by atoms with Gasteiger partial charge in [0.2, 0.25) is 0 Å². The number of aromatic hydroxyl groups is 1. The average molecular weight is 403 g/mol. The van der Waals surface area contributed by atoms with Crippen LogP contribution in [0.1, 0.15) is 5.56 Å². The molecule has 0 radical (unpaired) electrons. The second-order valence-electron chi connectivity index (χ2n) is 6.52. The Labute approximate surface area is 166 Å². The van der Waals surface area contributed by atoms with Gasteiger partial charge < -0.3 is 19.8 Å². The predicted molar refractivity (Wildman–Crippen MR) is 104 cm³/mol. The molecule has 7 heteroatoms. The summed E-state index contributed by atoms with van der Waals surface area (Å²) in [6.45, 7) is -0.593. The van der Waals surface area contributed by atoms with E-state index in [9.17, 15) is 23.4 Å². The van der Waals surface area contributed by atoms with Crippen molar-refractivity contribution in [2.24, 2.45) is 0 Å². The van der Waals surface area contributed by atoms with Crippen LogP contribution in [0.25, 0.3) is 0 Å². The van der Waals surface area contributed by atoms with Crippen LogP contribution in [0.15, 0.2) is 78.9 Å². The third-order valence-corrected chi connectivity index (χ3v) is 4.22. The monoisotopic (exact) mass is 403 g/mol. The van der Waals surface area contributed by atoms with Gasteiger partial charge in [0.05, 0.1) is 6.54 Å². The van der Waals surface area contributed by atoms with E-state index >= 15 is 0 Å². The van der Waals surface area contributed by atoms with Crippen LogP contribution in [0.2, 0.25) is 0 Å². The van der Waals surface area contributed by atoms with Crippen LogP contribution < -0.4 is 9.64 Å². The maximum Gasteiger partial charge on any atom is 0.416 e. The number of hydrogen-bond donors (Lipinski definition) is 2. The molecule has 4 nitrogen and oxygen atoms in total. The van der Waals surface area contributed by atoms with E-state index in [4.69, 9.17) is 4.74 Å². The molecule has 0 aliphatic heterocycles. The van der Waals surface area contributed by atoms with Crippen LogP contribution >= 0.6 is 0 Å². The summed E-state index contributed by atoms with van der Waals surface area (Å²) in [7, 11) is 0. The Kier molecular flexibility index (Phi) is 6.29. The Hall–Kier alpha value is -3.19. The van der Waals surface area contributed by atoms with E-state index in [2.05, 4.69) is 0 Å². The first-order valence-corrected chi connectivity index (χ1v) is 8.92. The highest BCUT2D eigenvalue weighted by atomic mass is 19.4. The third-order valence-electron chi connectivity index (χ3n) is 4.22. The van der Waals surface area contributed by atoms with Gasteiger partial charge in [-0.15, -0.1) is 0 Å². The average Bonchev–Trinajstić information content (AvgIpc) is 2.68. The van der Waals surface area contributed by atoms with Crippen LogP contribution in [-0.4, -0.2) is 29.0 Å². The highest BCUT2D eigenvalue weighted by Gasteiger charge is 2.39. The van der Waals surface area contributed by atoms with Gasteiger partial charge in [-0.1, -0.05) is 36.4 Å². The number of hydrogen-bond acceptors (Lipinski definition) is 4. The Morgan fingerprint density at radius 2 is 1.55 bits per heavy atom. The van der Waals surface area contributed by atoms with E-state index in [1.54, 1.807) is 48.5 Å². The van der Waals surface area contributed by atoms with E-state index in [1.807, 2.05) is 18.2 Å². The van der Waals surface area contributed by atoms with E-state index < -0.39 is 18.8 Å². The lowest BCUT2D eigenvalue weighted by Gasteiger charge is -2.28. The molecule has 0 fully saturated rings. The normalized spacial score (nSPS) is 12.4. The van der Waals surface area contributed by atoms with Crippen molar-refractivity contribution >= 4 is 5.69 Å². The summed E-state index contributed by atoms with van der Waals surface area (Å²) in [6.07, 6.45) is -7.26. The molecule has 29 heavy (non-hydrogen) atoms. The SMILES string of the molecule is Oc1cccc(CN(CC(O)C(F)(F)F)c2cccc(Oc3ccccc3)c2)c1. The lowest BCUT2D eigenvalue weighted by Crippen LogP contribution is -2.40. The van der Waals surface area contributed by atoms with E-state index in [1.165, 1.54) is 17.0 Å². The smallest absolute Gasteiger partial charge is 0.416 e. The van der Waals surface area contributed by atoms with E-state index in [0.29, 0.717) is 22.7 Å². The van der Waals surface area contributed by atoms with Crippen LogP contribution in [0, 0.1) is 0 Å². The fourth-order valence-electron chi connectivity index (χ4n) is 2.82. The van der Waals surface area contributed by atoms with Crippen molar-refractivity contribution in [3.63, 3.8) is 0 Å². The topological polar surface area (TPSA) is 52.9 Å². The molecule has 1 atom stereocenters. The molecule has 0 bridgehead atoms. The molecule has 0 aromatic heterocycles. The molecular formula is C22H20F3NO3. The molecule has 0 spiro atoms. The van der Waals surface area contributed by atoms with Crippen LogP contribution in [0.3, 0.4) is 0 Å². The zero-order valence-corrected chi connectivity index (χ0v) is 15.4. The minimum Gasteiger partial charge on any atom is -0.508 e. The summed E-state index contributed by atoms with van der Waals surface area (Å²) in [5, 5.41) is 19.3. The van der Waals surface area contributed by atoms with Gasteiger partial charge in [0.25, 0.3) is 0 Å². The summed E-state index contributed by atoms with van der Waals surface area (Å²) in [6, 6.07) is 21.9. The number of anilines is 1. The molecule has 3 rings (SSSR count). The van der Waals surface area contributed by atoms with Crippen molar-refractivity contribution in [2.75, 3.05) is 11.4 Å². The standard InChI is InChI=1S/C22H20F3NO3/c23-22(24,25)21(28)15-26(14-16-6-4-8-18(27)12-16)17-7-5-11-20(13-17)29-19-9-2-1-3-10-19/h1-13,21,27-28H,14-15H2. The maximum absolute atomic E-state index is 13.0. The van der Waals surface area contributed by atoms with Gasteiger partial charge in [0.1, 0.15) is 17.2 Å². The Morgan fingerprint density at radius 3 is 2.24 bits per heavy atom. The number of ether oxygens (including phenoxy) is 1. The number of para-hydroxylation sites is 1. The fourth-order valence-corrected chi connectivity index (χ4v) is 2.82. The van der Waals surface area contributed by atoms with Gasteiger partial charge >= 0.3 is 6.18 Å². The van der Waals surface area contributed by atoms with Crippen molar-refractivity contribution in [1.82, 2.24) is 0 Å². The lowest BCUT2D eigenvalue weighted by atomic mass is 10.1. The Morgan fingerprint density at radius 1 is 0.862 bits per heavy atom. The zero-order chi connectivity index (χ0) is 20.9. The van der Waals surface area contributed by atoms with Crippen molar-refractivity contribution in [3.8, 4) is 17.2 Å². The summed E-state index contributed by atoms with van der Waals surface area (Å²) < 4.78 is 44.6. The molecule has 1 unspecified atom stereocenters. The van der Waals surface area contributed by atoms with Crippen LogP contribution in [0.4, 0.5) is 18.9 Å². The van der Waals surface area contributed by atoms with Gasteiger partial charge in [-0.2, -0.15) is 13.2 Å². The Bertz CT molecular complexity index is 932. The number of benzene rings is 3. The molecule has 0 saturated heterocycles. The van der Waals surface area contributed by atoms with Gasteiger partial charge in [0.15, 0.2) is 6.10 Å². The molecule has 0 aliphatic carbocycles. The fraction of sp³-hybridized carbons (Fsp3) is 0.182. The van der Waals surface area contributed by atoms with Gasteiger partial charge in [-0.05, 0) is 42.0 Å². The summed E-state index contributed by atoms with van der Waals surface area (Å²) in [4.78, 5) is 1.39. The van der Waals surface area contributed by atoms with Gasteiger partial charge in [-0.3, -0.25) is 0 Å². The van der Waals surface area contributed by atoms with Gasteiger partial charge in [-0.25, -0.2) is 0 Å². The number of aliphatic hydroxyl groups is 1. The highest BCUT2D eigenvalue weighted by molar-refractivity contribution is 5.52. The number of aliphatic hydroxyl groups excluding tert-OH is 1. The van der Waals surface area contributed by atoms with Crippen LogP contribution in [0.5, 0.6) is 17.2 Å². The van der Waals surface area contributed by atoms with Gasteiger partial charge in [0, 0.05) is 18.3 Å². The first-order valence-electron chi connectivity index (χ1n) is 8.92. The molecule has 3 aromatic rings. The molecule has 2 N–H and O–H groups in total. The van der Waals surface area contributed by atoms with Crippen LogP contribution in [-0.2, 0) is 6.54 Å². The van der Waals surface area contributed by atoms with Crippen molar-refractivity contribution in [3.05, 3.63) is 84.4 Å². The lowest BCUT2D eigenvalue weighted by molar-refractivity contribution is -0.200. The number of halogens is 3. The summed E-state index contributed by atoms with van der Waals surface area (Å²) >= 11 is 0. The predicted octanol–water partition coefficient (Wildman–Crippen LogP) is 5.11. The minimum absolute atomic E-state index is 0.0139. The zero-order valence-electron chi connectivity index (χ0n) is 15.4. The maximum atomic E-state index is 13.0. The summed E-state index contributed by atoms with van der Waals surface area (Å²) in [5.41, 5.74) is 1.05. The second kappa shape index (κ2) is 8.87. The third kappa shape index (κ3) is 5.89. The van der Waals surface area contributed by atoms with E-state index in [0.717, 1.165) is 0 Å². The molecule has 152 valence electrons. The molecule has 0 heterocycles. The Balaban J connectivity index is 1.87. The second-order valence-corrected chi connectivity index (χ2v) is 6.52. The van der Waals surface area contributed by atoms with Crippen molar-refractivity contribution in [2.45, 2.75) is 18.8 Å². The molecular weight excluding hydrogens is 383 g/mol. The first kappa shape index (κ1) is 20.5. The number of alkyl halides is 3. The van der Waals surface area contributed by atoms with E-state index in [-0.39, 0.29) is 12.3 Å².